The van der Waals surface area contributed by atoms with Crippen molar-refractivity contribution in [2.45, 2.75) is 20.5 Å². The van der Waals surface area contributed by atoms with Crippen LogP contribution in [0.4, 0.5) is 0 Å². The highest BCUT2D eigenvalue weighted by Crippen LogP contribution is 2.29. The molecule has 31 heavy (non-hydrogen) atoms. The Kier molecular flexibility index (Phi) is 7.87. The summed E-state index contributed by atoms with van der Waals surface area (Å²) in [5.74, 6) is 1.83. The van der Waals surface area contributed by atoms with E-state index in [-0.39, 0.29) is 5.91 Å². The van der Waals surface area contributed by atoms with Crippen molar-refractivity contribution in [1.82, 2.24) is 9.88 Å². The molecule has 0 atom stereocenters. The summed E-state index contributed by atoms with van der Waals surface area (Å²) in [6, 6.07) is 16.9. The van der Waals surface area contributed by atoms with Gasteiger partial charge in [-0.1, -0.05) is 18.2 Å². The Morgan fingerprint density at radius 1 is 1.00 bits per heavy atom. The van der Waals surface area contributed by atoms with Gasteiger partial charge >= 0.3 is 0 Å². The summed E-state index contributed by atoms with van der Waals surface area (Å²) in [6.07, 6.45) is 3.48. The third-order valence-corrected chi connectivity index (χ3v) is 4.64. The number of aryl methyl sites for hydroxylation is 1. The SMILES string of the molecule is CCOc1cc(C(=O)N(C)CCOc2cccc(C)c2)ccc1OCc1cccnc1. The molecular formula is C25H28N2O4. The van der Waals surface area contributed by atoms with Gasteiger partial charge < -0.3 is 19.1 Å². The fourth-order valence-corrected chi connectivity index (χ4v) is 3.00. The van der Waals surface area contributed by atoms with Crippen LogP contribution >= 0.6 is 0 Å². The molecule has 0 saturated carbocycles. The first-order chi connectivity index (χ1) is 15.1. The Morgan fingerprint density at radius 3 is 2.61 bits per heavy atom. The van der Waals surface area contributed by atoms with E-state index in [1.807, 2.05) is 50.2 Å². The van der Waals surface area contributed by atoms with Crippen LogP contribution in [0, 0.1) is 6.92 Å². The highest BCUT2D eigenvalue weighted by atomic mass is 16.5. The van der Waals surface area contributed by atoms with E-state index in [1.165, 1.54) is 0 Å². The number of aromatic nitrogens is 1. The van der Waals surface area contributed by atoms with Crippen LogP contribution < -0.4 is 14.2 Å². The second-order valence-corrected chi connectivity index (χ2v) is 7.14. The Hall–Kier alpha value is -3.54. The predicted octanol–water partition coefficient (Wildman–Crippen LogP) is 4.52. The molecule has 3 rings (SSSR count). The molecule has 0 N–H and O–H groups in total. The van der Waals surface area contributed by atoms with Crippen molar-refractivity contribution in [3.63, 3.8) is 0 Å². The fourth-order valence-electron chi connectivity index (χ4n) is 3.00. The van der Waals surface area contributed by atoms with E-state index in [0.717, 1.165) is 16.9 Å². The maximum atomic E-state index is 12.9. The highest BCUT2D eigenvalue weighted by molar-refractivity contribution is 5.94. The zero-order valence-corrected chi connectivity index (χ0v) is 18.2. The van der Waals surface area contributed by atoms with Crippen molar-refractivity contribution in [3.05, 3.63) is 83.7 Å². The van der Waals surface area contributed by atoms with Crippen molar-refractivity contribution >= 4 is 5.91 Å². The second-order valence-electron chi connectivity index (χ2n) is 7.14. The number of carbonyl (C=O) groups excluding carboxylic acids is 1. The average Bonchev–Trinajstić information content (AvgIpc) is 2.78. The Morgan fingerprint density at radius 2 is 1.87 bits per heavy atom. The molecule has 0 radical (unpaired) electrons. The summed E-state index contributed by atoms with van der Waals surface area (Å²) in [5, 5.41) is 0. The number of likely N-dealkylation sites (N-methyl/N-ethyl adjacent to an activating group) is 1. The van der Waals surface area contributed by atoms with Crippen molar-refractivity contribution < 1.29 is 19.0 Å². The number of pyridine rings is 1. The number of carbonyl (C=O) groups is 1. The molecule has 1 heterocycles. The molecule has 1 amide bonds. The van der Waals surface area contributed by atoms with Crippen LogP contribution in [0.5, 0.6) is 17.2 Å². The van der Waals surface area contributed by atoms with Crippen molar-refractivity contribution in [1.29, 1.82) is 0 Å². The average molecular weight is 421 g/mol. The minimum Gasteiger partial charge on any atom is -0.492 e. The number of ether oxygens (including phenoxy) is 3. The Balaban J connectivity index is 1.60. The first kappa shape index (κ1) is 22.2. The number of benzene rings is 2. The zero-order valence-electron chi connectivity index (χ0n) is 18.2. The van der Waals surface area contributed by atoms with Gasteiger partial charge in [-0.25, -0.2) is 0 Å². The first-order valence-corrected chi connectivity index (χ1v) is 10.3. The largest absolute Gasteiger partial charge is 0.492 e. The first-order valence-electron chi connectivity index (χ1n) is 10.3. The number of hydrogen-bond donors (Lipinski definition) is 0. The lowest BCUT2D eigenvalue weighted by atomic mass is 10.1. The molecule has 0 fully saturated rings. The summed E-state index contributed by atoms with van der Waals surface area (Å²) in [4.78, 5) is 18.6. The van der Waals surface area contributed by atoms with E-state index in [4.69, 9.17) is 14.2 Å². The van der Waals surface area contributed by atoms with E-state index in [9.17, 15) is 4.79 Å². The quantitative estimate of drug-likeness (QED) is 0.483. The molecule has 0 aliphatic rings. The maximum absolute atomic E-state index is 12.9. The second kappa shape index (κ2) is 11.0. The van der Waals surface area contributed by atoms with Crippen molar-refractivity contribution in [2.24, 2.45) is 0 Å². The molecule has 3 aromatic rings. The van der Waals surface area contributed by atoms with Crippen molar-refractivity contribution in [2.75, 3.05) is 26.8 Å². The van der Waals surface area contributed by atoms with Crippen LogP contribution in [0.3, 0.4) is 0 Å². The molecular weight excluding hydrogens is 392 g/mol. The topological polar surface area (TPSA) is 60.9 Å². The Bertz CT molecular complexity index is 992. The van der Waals surface area contributed by atoms with E-state index in [0.29, 0.717) is 43.4 Å². The lowest BCUT2D eigenvalue weighted by Gasteiger charge is -2.19. The normalized spacial score (nSPS) is 10.4. The molecule has 0 bridgehead atoms. The monoisotopic (exact) mass is 420 g/mol. The summed E-state index contributed by atoms with van der Waals surface area (Å²) >= 11 is 0. The molecule has 0 aliphatic carbocycles. The van der Waals surface area contributed by atoms with E-state index >= 15 is 0 Å². The third kappa shape index (κ3) is 6.47. The highest BCUT2D eigenvalue weighted by Gasteiger charge is 2.15. The molecule has 6 nitrogen and oxygen atoms in total. The molecule has 6 heteroatoms. The van der Waals surface area contributed by atoms with E-state index in [2.05, 4.69) is 4.98 Å². The van der Waals surface area contributed by atoms with Gasteiger partial charge in [-0.15, -0.1) is 0 Å². The fraction of sp³-hybridized carbons (Fsp3) is 0.280. The zero-order chi connectivity index (χ0) is 22.1. The summed E-state index contributed by atoms with van der Waals surface area (Å²) in [6.45, 7) is 5.64. The van der Waals surface area contributed by atoms with Crippen LogP contribution in [0.1, 0.15) is 28.4 Å². The number of hydrogen-bond acceptors (Lipinski definition) is 5. The van der Waals surface area contributed by atoms with Crippen LogP contribution in [-0.2, 0) is 6.61 Å². The number of amides is 1. The van der Waals surface area contributed by atoms with E-state index < -0.39 is 0 Å². The Labute approximate surface area is 183 Å². The minimum atomic E-state index is -0.104. The summed E-state index contributed by atoms with van der Waals surface area (Å²) < 4.78 is 17.3. The lowest BCUT2D eigenvalue weighted by Crippen LogP contribution is -2.30. The predicted molar refractivity (Wildman–Crippen MR) is 120 cm³/mol. The third-order valence-electron chi connectivity index (χ3n) is 4.64. The van der Waals surface area contributed by atoms with Gasteiger partial charge in [0.1, 0.15) is 19.0 Å². The molecule has 0 unspecified atom stereocenters. The van der Waals surface area contributed by atoms with Gasteiger partial charge in [0.05, 0.1) is 13.2 Å². The van der Waals surface area contributed by atoms with Gasteiger partial charge in [0.2, 0.25) is 0 Å². The standard InChI is InChI=1S/C25H28N2O4/c1-4-29-24-16-21(10-11-23(24)31-18-20-8-6-12-26-17-20)25(28)27(3)13-14-30-22-9-5-7-19(2)15-22/h5-12,15-17H,4,13-14,18H2,1-3H3. The molecule has 162 valence electrons. The smallest absolute Gasteiger partial charge is 0.253 e. The minimum absolute atomic E-state index is 0.104. The van der Waals surface area contributed by atoms with Gasteiger partial charge in [-0.2, -0.15) is 0 Å². The number of nitrogens with zero attached hydrogens (tertiary/aromatic N) is 2. The van der Waals surface area contributed by atoms with Crippen molar-refractivity contribution in [3.8, 4) is 17.2 Å². The number of rotatable bonds is 10. The summed E-state index contributed by atoms with van der Waals surface area (Å²) in [7, 11) is 1.76. The molecule has 1 aromatic heterocycles. The molecule has 0 aliphatic heterocycles. The lowest BCUT2D eigenvalue weighted by molar-refractivity contribution is 0.0773. The molecule has 0 spiro atoms. The van der Waals surface area contributed by atoms with Gasteiger partial charge in [-0.05, 0) is 55.8 Å². The van der Waals surface area contributed by atoms with E-state index in [1.54, 1.807) is 42.5 Å². The van der Waals surface area contributed by atoms with Crippen LogP contribution in [0.15, 0.2) is 67.0 Å². The van der Waals surface area contributed by atoms with Crippen LogP contribution in [0.25, 0.3) is 0 Å². The van der Waals surface area contributed by atoms with Crippen LogP contribution in [0.2, 0.25) is 0 Å². The van der Waals surface area contributed by atoms with Gasteiger partial charge in [0, 0.05) is 30.6 Å². The molecule has 2 aromatic carbocycles. The van der Waals surface area contributed by atoms with Crippen LogP contribution in [-0.4, -0.2) is 42.6 Å². The summed E-state index contributed by atoms with van der Waals surface area (Å²) in [5.41, 5.74) is 2.63. The molecule has 0 saturated heterocycles. The van der Waals surface area contributed by atoms with Gasteiger partial charge in [0.25, 0.3) is 5.91 Å². The van der Waals surface area contributed by atoms with Gasteiger partial charge in [-0.3, -0.25) is 9.78 Å². The van der Waals surface area contributed by atoms with Gasteiger partial charge in [0.15, 0.2) is 11.5 Å². The maximum Gasteiger partial charge on any atom is 0.253 e.